The molecular formula is C20H22ClNO5. The molecule has 27 heavy (non-hydrogen) atoms. The van der Waals surface area contributed by atoms with Gasteiger partial charge in [0.1, 0.15) is 0 Å². The maximum atomic E-state index is 12.3. The van der Waals surface area contributed by atoms with Crippen LogP contribution < -0.4 is 14.8 Å². The van der Waals surface area contributed by atoms with Crippen molar-refractivity contribution in [1.29, 1.82) is 0 Å². The van der Waals surface area contributed by atoms with Gasteiger partial charge in [-0.3, -0.25) is 4.79 Å². The molecule has 0 radical (unpaired) electrons. The Morgan fingerprint density at radius 3 is 2.52 bits per heavy atom. The molecule has 144 valence electrons. The Morgan fingerprint density at radius 2 is 1.89 bits per heavy atom. The van der Waals surface area contributed by atoms with E-state index in [1.807, 2.05) is 32.0 Å². The zero-order valence-corrected chi connectivity index (χ0v) is 16.5. The lowest BCUT2D eigenvalue weighted by atomic mass is 10.1. The summed E-state index contributed by atoms with van der Waals surface area (Å²) >= 11 is 6.09. The summed E-state index contributed by atoms with van der Waals surface area (Å²) in [6.45, 7) is 3.50. The first kappa shape index (κ1) is 20.6. The second kappa shape index (κ2) is 9.28. The van der Waals surface area contributed by atoms with Crippen molar-refractivity contribution < 1.29 is 23.8 Å². The summed E-state index contributed by atoms with van der Waals surface area (Å²) in [5, 5.41) is 3.01. The molecule has 0 saturated heterocycles. The summed E-state index contributed by atoms with van der Waals surface area (Å²) < 4.78 is 15.4. The zero-order valence-electron chi connectivity index (χ0n) is 15.7. The molecule has 2 aromatic carbocycles. The largest absolute Gasteiger partial charge is 0.493 e. The maximum Gasteiger partial charge on any atom is 0.338 e. The summed E-state index contributed by atoms with van der Waals surface area (Å²) in [6, 6.07) is 8.64. The molecule has 1 N–H and O–H groups in total. The average molecular weight is 392 g/mol. The third-order valence-electron chi connectivity index (χ3n) is 4.01. The molecule has 0 heterocycles. The van der Waals surface area contributed by atoms with Crippen LogP contribution in [0.15, 0.2) is 30.3 Å². The number of benzene rings is 2. The Labute approximate surface area is 163 Å². The number of nitrogens with one attached hydrogen (secondary N) is 1. The highest BCUT2D eigenvalue weighted by Crippen LogP contribution is 2.36. The van der Waals surface area contributed by atoms with E-state index in [0.29, 0.717) is 11.5 Å². The minimum atomic E-state index is -0.687. The predicted molar refractivity (Wildman–Crippen MR) is 104 cm³/mol. The van der Waals surface area contributed by atoms with Crippen molar-refractivity contribution in [3.8, 4) is 11.5 Å². The van der Waals surface area contributed by atoms with Gasteiger partial charge in [0.2, 0.25) is 0 Å². The molecule has 0 spiro atoms. The van der Waals surface area contributed by atoms with Crippen LogP contribution in [0.4, 0.5) is 5.69 Å². The van der Waals surface area contributed by atoms with Crippen molar-refractivity contribution in [2.45, 2.75) is 20.3 Å². The molecule has 2 rings (SSSR count). The van der Waals surface area contributed by atoms with Crippen LogP contribution in [0, 0.1) is 6.92 Å². The molecule has 0 aromatic heterocycles. The van der Waals surface area contributed by atoms with Gasteiger partial charge in [0.25, 0.3) is 5.91 Å². The fourth-order valence-electron chi connectivity index (χ4n) is 2.63. The monoisotopic (exact) mass is 391 g/mol. The van der Waals surface area contributed by atoms with Crippen LogP contribution in [-0.2, 0) is 16.0 Å². The molecular weight excluding hydrogens is 370 g/mol. The number of methoxy groups -OCH3 is 2. The number of ether oxygens (including phenoxy) is 3. The fraction of sp³-hybridized carbons (Fsp3) is 0.300. The molecule has 0 aliphatic rings. The number of halogens is 1. The van der Waals surface area contributed by atoms with E-state index in [9.17, 15) is 9.59 Å². The average Bonchev–Trinajstić information content (AvgIpc) is 2.66. The summed E-state index contributed by atoms with van der Waals surface area (Å²) in [6.07, 6.45) is 0.779. The second-order valence-electron chi connectivity index (χ2n) is 5.78. The standard InChI is InChI=1S/C20H22ClNO5/c1-5-13-8-6-7-12(2)18(13)22-17(23)11-27-20(24)14-9-15(21)19(26-4)16(10-14)25-3/h6-10H,5,11H2,1-4H3,(H,22,23). The first-order valence-corrected chi connectivity index (χ1v) is 8.76. The third-order valence-corrected chi connectivity index (χ3v) is 4.29. The fourth-order valence-corrected chi connectivity index (χ4v) is 2.92. The molecule has 0 aliphatic heterocycles. The van der Waals surface area contributed by atoms with Crippen LogP contribution >= 0.6 is 11.6 Å². The van der Waals surface area contributed by atoms with Gasteiger partial charge in [0.05, 0.1) is 24.8 Å². The van der Waals surface area contributed by atoms with Crippen LogP contribution in [0.25, 0.3) is 0 Å². The number of esters is 1. The van der Waals surface area contributed by atoms with Crippen molar-refractivity contribution in [1.82, 2.24) is 0 Å². The molecule has 0 fully saturated rings. The first-order chi connectivity index (χ1) is 12.9. The SMILES string of the molecule is CCc1cccc(C)c1NC(=O)COC(=O)c1cc(Cl)c(OC)c(OC)c1. The van der Waals surface area contributed by atoms with Gasteiger partial charge in [-0.25, -0.2) is 4.79 Å². The highest BCUT2D eigenvalue weighted by atomic mass is 35.5. The van der Waals surface area contributed by atoms with Crippen molar-refractivity contribution in [2.24, 2.45) is 0 Å². The van der Waals surface area contributed by atoms with E-state index >= 15 is 0 Å². The molecule has 2 aromatic rings. The second-order valence-corrected chi connectivity index (χ2v) is 6.19. The molecule has 1 amide bonds. The van der Waals surface area contributed by atoms with E-state index < -0.39 is 18.5 Å². The van der Waals surface area contributed by atoms with Crippen LogP contribution in [0.1, 0.15) is 28.4 Å². The number of carbonyl (C=O) groups excluding carboxylic acids is 2. The number of amides is 1. The number of aryl methyl sites for hydroxylation is 2. The minimum absolute atomic E-state index is 0.163. The Bertz CT molecular complexity index is 851. The zero-order chi connectivity index (χ0) is 20.0. The molecule has 0 unspecified atom stereocenters. The van der Waals surface area contributed by atoms with E-state index in [0.717, 1.165) is 23.2 Å². The van der Waals surface area contributed by atoms with Crippen LogP contribution in [0.3, 0.4) is 0 Å². The van der Waals surface area contributed by atoms with Gasteiger partial charge in [-0.2, -0.15) is 0 Å². The number of anilines is 1. The van der Waals surface area contributed by atoms with Crippen LogP contribution in [0.5, 0.6) is 11.5 Å². The Balaban J connectivity index is 2.06. The van der Waals surface area contributed by atoms with Crippen molar-refractivity contribution in [3.05, 3.63) is 52.0 Å². The number of hydrogen-bond donors (Lipinski definition) is 1. The highest BCUT2D eigenvalue weighted by Gasteiger charge is 2.17. The summed E-state index contributed by atoms with van der Waals surface area (Å²) in [5.74, 6) is -0.485. The minimum Gasteiger partial charge on any atom is -0.493 e. The molecule has 7 heteroatoms. The first-order valence-electron chi connectivity index (χ1n) is 8.38. The number of carbonyl (C=O) groups is 2. The van der Waals surface area contributed by atoms with Crippen LogP contribution in [-0.4, -0.2) is 32.7 Å². The number of para-hydroxylation sites is 1. The van der Waals surface area contributed by atoms with Gasteiger partial charge >= 0.3 is 5.97 Å². The lowest BCUT2D eigenvalue weighted by molar-refractivity contribution is -0.119. The smallest absolute Gasteiger partial charge is 0.338 e. The van der Waals surface area contributed by atoms with Crippen LogP contribution in [0.2, 0.25) is 5.02 Å². The van der Waals surface area contributed by atoms with E-state index in [1.54, 1.807) is 0 Å². The molecule has 0 bridgehead atoms. The lowest BCUT2D eigenvalue weighted by Gasteiger charge is -2.14. The molecule has 6 nitrogen and oxygen atoms in total. The Kier molecular flexibility index (Phi) is 7.07. The third kappa shape index (κ3) is 4.92. The van der Waals surface area contributed by atoms with Crippen molar-refractivity contribution in [2.75, 3.05) is 26.1 Å². The number of rotatable bonds is 7. The van der Waals surface area contributed by atoms with Crippen molar-refractivity contribution >= 4 is 29.2 Å². The quantitative estimate of drug-likeness (QED) is 0.721. The summed E-state index contributed by atoms with van der Waals surface area (Å²) in [7, 11) is 2.88. The molecule has 0 atom stereocenters. The molecule has 0 saturated carbocycles. The van der Waals surface area contributed by atoms with Crippen molar-refractivity contribution in [3.63, 3.8) is 0 Å². The van der Waals surface area contributed by atoms with E-state index in [-0.39, 0.29) is 10.6 Å². The summed E-state index contributed by atoms with van der Waals surface area (Å²) in [5.41, 5.74) is 2.87. The van der Waals surface area contributed by atoms with Gasteiger partial charge in [0, 0.05) is 5.69 Å². The number of hydrogen-bond acceptors (Lipinski definition) is 5. The van der Waals surface area contributed by atoms with Gasteiger partial charge < -0.3 is 19.5 Å². The predicted octanol–water partition coefficient (Wildman–Crippen LogP) is 4.02. The Hall–Kier alpha value is -2.73. The van der Waals surface area contributed by atoms with E-state index in [1.165, 1.54) is 26.4 Å². The van der Waals surface area contributed by atoms with E-state index in [4.69, 9.17) is 25.8 Å². The highest BCUT2D eigenvalue weighted by molar-refractivity contribution is 6.32. The van der Waals surface area contributed by atoms with E-state index in [2.05, 4.69) is 5.32 Å². The van der Waals surface area contributed by atoms with Gasteiger partial charge in [0.15, 0.2) is 18.1 Å². The Morgan fingerprint density at radius 1 is 1.15 bits per heavy atom. The van der Waals surface area contributed by atoms with Gasteiger partial charge in [-0.15, -0.1) is 0 Å². The maximum absolute atomic E-state index is 12.3. The normalized spacial score (nSPS) is 10.3. The van der Waals surface area contributed by atoms with Gasteiger partial charge in [-0.05, 0) is 36.6 Å². The topological polar surface area (TPSA) is 73.9 Å². The lowest BCUT2D eigenvalue weighted by Crippen LogP contribution is -2.22. The summed E-state index contributed by atoms with van der Waals surface area (Å²) in [4.78, 5) is 24.5. The molecule has 0 aliphatic carbocycles. The van der Waals surface area contributed by atoms with Gasteiger partial charge in [-0.1, -0.05) is 36.7 Å².